The molecule has 28 heavy (non-hydrogen) atoms. The number of aromatic nitrogens is 2. The number of carbonyl (C=O) groups excluding carboxylic acids is 1. The number of fused-ring (bicyclic) bond motifs is 3. The highest BCUT2D eigenvalue weighted by Gasteiger charge is 2.57. The number of imidazole rings is 1. The maximum Gasteiger partial charge on any atom is 0.430 e. The van der Waals surface area contributed by atoms with Crippen LogP contribution in [0.2, 0.25) is 0 Å². The predicted octanol–water partition coefficient (Wildman–Crippen LogP) is 1.18. The fourth-order valence-electron chi connectivity index (χ4n) is 4.55. The number of carbonyl (C=O) groups is 1. The number of amides is 1. The highest BCUT2D eigenvalue weighted by molar-refractivity contribution is 7.87. The zero-order valence-corrected chi connectivity index (χ0v) is 16.2. The first-order chi connectivity index (χ1) is 13.2. The minimum absolute atomic E-state index is 0.0739. The van der Waals surface area contributed by atoms with Crippen LogP contribution in [0.4, 0.5) is 4.79 Å². The molecular weight excluding hydrogens is 384 g/mol. The average molecular weight is 404 g/mol. The summed E-state index contributed by atoms with van der Waals surface area (Å²) >= 11 is 0. The third-order valence-electron chi connectivity index (χ3n) is 5.78. The molecule has 5 rings (SSSR count). The lowest BCUT2D eigenvalue weighted by molar-refractivity contribution is -0.120. The molecule has 4 heterocycles. The van der Waals surface area contributed by atoms with Gasteiger partial charge in [-0.3, -0.25) is 0 Å². The second-order valence-corrected chi connectivity index (χ2v) is 9.63. The normalized spacial score (nSPS) is 28.6. The largest absolute Gasteiger partial charge is 0.430 e. The molecule has 3 aliphatic rings. The number of hydrogen-bond donors (Lipinski definition) is 1. The molecule has 1 N–H and O–H groups in total. The Kier molecular flexibility index (Phi) is 3.50. The van der Waals surface area contributed by atoms with Crippen molar-refractivity contribution >= 4 is 16.3 Å². The average Bonchev–Trinajstić information content (AvgIpc) is 3.28. The van der Waals surface area contributed by atoms with Gasteiger partial charge in [0.15, 0.2) is 0 Å². The number of nitrogens with zero attached hydrogens (tertiary/aromatic N) is 4. The van der Waals surface area contributed by atoms with E-state index in [4.69, 9.17) is 4.74 Å². The van der Waals surface area contributed by atoms with Crippen molar-refractivity contribution < 1.29 is 23.1 Å². The lowest BCUT2D eigenvalue weighted by Gasteiger charge is -2.45. The molecule has 1 aromatic heterocycles. The van der Waals surface area contributed by atoms with Crippen LogP contribution in [-0.4, -0.2) is 62.7 Å². The number of benzene rings is 1. The van der Waals surface area contributed by atoms with Crippen molar-refractivity contribution in [3.05, 3.63) is 42.4 Å². The molecule has 2 fully saturated rings. The van der Waals surface area contributed by atoms with E-state index in [0.717, 1.165) is 21.1 Å². The monoisotopic (exact) mass is 404 g/mol. The molecule has 0 aliphatic carbocycles. The topological polar surface area (TPSA) is 105 Å². The van der Waals surface area contributed by atoms with Crippen molar-refractivity contribution in [3.8, 4) is 11.3 Å². The van der Waals surface area contributed by atoms with Crippen LogP contribution in [0.3, 0.4) is 0 Å². The van der Waals surface area contributed by atoms with Gasteiger partial charge in [-0.25, -0.2) is 9.78 Å². The van der Waals surface area contributed by atoms with Gasteiger partial charge in [0.2, 0.25) is 5.72 Å². The predicted molar refractivity (Wildman–Crippen MR) is 98.2 cm³/mol. The van der Waals surface area contributed by atoms with Crippen LogP contribution < -0.4 is 0 Å². The Hall–Kier alpha value is -2.43. The van der Waals surface area contributed by atoms with E-state index in [1.54, 1.807) is 12.5 Å². The van der Waals surface area contributed by atoms with Crippen LogP contribution in [-0.2, 0) is 14.9 Å². The fourth-order valence-corrected chi connectivity index (χ4v) is 6.30. The molecule has 0 spiro atoms. The molecule has 1 aromatic carbocycles. The molecule has 3 aliphatic heterocycles. The van der Waals surface area contributed by atoms with Crippen molar-refractivity contribution in [1.29, 1.82) is 0 Å². The molecule has 2 aromatic rings. The Balaban J connectivity index is 1.49. The van der Waals surface area contributed by atoms with Crippen LogP contribution in [0.5, 0.6) is 0 Å². The van der Waals surface area contributed by atoms with Crippen LogP contribution in [0, 0.1) is 5.92 Å². The van der Waals surface area contributed by atoms with Gasteiger partial charge in [-0.1, -0.05) is 24.3 Å². The van der Waals surface area contributed by atoms with E-state index in [1.807, 2.05) is 28.8 Å². The molecule has 0 radical (unpaired) electrons. The molecule has 3 unspecified atom stereocenters. The first kappa shape index (κ1) is 17.7. The lowest BCUT2D eigenvalue weighted by Crippen LogP contribution is -2.66. The summed E-state index contributed by atoms with van der Waals surface area (Å²) in [4.78, 5) is 16.0. The van der Waals surface area contributed by atoms with Gasteiger partial charge in [-0.2, -0.15) is 17.0 Å². The van der Waals surface area contributed by atoms with Crippen LogP contribution >= 0.6 is 0 Å². The standard InChI is InChI=1S/C18H20N4O5S/c1-18(2)22(17(24)27-18)28(25,26)20-8-13(15(23)9-20)16-12-6-4-3-5-11(12)14-7-19-10-21(14)16/h3-7,10,13,15-16,23H,8-9H2,1-2H3. The SMILES string of the molecule is CC1(C)OC(=O)N1S(=O)(=O)N1CC(O)C(C2c3ccccc3-c3cncn32)C1. The smallest absolute Gasteiger partial charge is 0.421 e. The summed E-state index contributed by atoms with van der Waals surface area (Å²) in [5.41, 5.74) is 1.79. The van der Waals surface area contributed by atoms with Crippen molar-refractivity contribution in [2.24, 2.45) is 5.92 Å². The Morgan fingerprint density at radius 2 is 2.00 bits per heavy atom. The van der Waals surface area contributed by atoms with Gasteiger partial charge < -0.3 is 14.4 Å². The van der Waals surface area contributed by atoms with E-state index < -0.39 is 28.1 Å². The summed E-state index contributed by atoms with van der Waals surface area (Å²) in [6, 6.07) is 7.64. The number of β-amino-alcohol motifs (C(OH)–C–C–N with tert-alkyl or cyclic N) is 1. The number of cyclic esters (lactones) is 1. The quantitative estimate of drug-likeness (QED) is 0.824. The van der Waals surface area contributed by atoms with Crippen LogP contribution in [0.1, 0.15) is 25.5 Å². The van der Waals surface area contributed by atoms with Crippen LogP contribution in [0.25, 0.3) is 11.3 Å². The molecule has 1 amide bonds. The Labute approximate surface area is 162 Å². The van der Waals surface area contributed by atoms with E-state index in [1.165, 1.54) is 18.2 Å². The highest BCUT2D eigenvalue weighted by atomic mass is 32.2. The van der Waals surface area contributed by atoms with Crippen LogP contribution in [0.15, 0.2) is 36.8 Å². The molecule has 148 valence electrons. The summed E-state index contributed by atoms with van der Waals surface area (Å²) in [6.07, 6.45) is 1.71. The third kappa shape index (κ3) is 2.22. The third-order valence-corrected chi connectivity index (χ3v) is 7.78. The van der Waals surface area contributed by atoms with E-state index in [0.29, 0.717) is 0 Å². The van der Waals surface area contributed by atoms with E-state index >= 15 is 0 Å². The van der Waals surface area contributed by atoms with Crippen molar-refractivity contribution in [2.45, 2.75) is 31.7 Å². The summed E-state index contributed by atoms with van der Waals surface area (Å²) in [7, 11) is -4.09. The number of rotatable bonds is 3. The molecule has 10 heteroatoms. The summed E-state index contributed by atoms with van der Waals surface area (Å²) in [6.45, 7) is 3.05. The number of ether oxygens (including phenoxy) is 1. The van der Waals surface area contributed by atoms with Gasteiger partial charge >= 0.3 is 16.3 Å². The summed E-state index contributed by atoms with van der Waals surface area (Å²) in [5.74, 6) is -0.369. The van der Waals surface area contributed by atoms with Gasteiger partial charge in [0.25, 0.3) is 0 Å². The van der Waals surface area contributed by atoms with E-state index in [2.05, 4.69) is 4.98 Å². The molecule has 3 atom stereocenters. The van der Waals surface area contributed by atoms with E-state index in [9.17, 15) is 18.3 Å². The molecule has 9 nitrogen and oxygen atoms in total. The lowest BCUT2D eigenvalue weighted by atomic mass is 9.90. The summed E-state index contributed by atoms with van der Waals surface area (Å²) < 4.78 is 34.8. The van der Waals surface area contributed by atoms with Crippen molar-refractivity contribution in [3.63, 3.8) is 0 Å². The second kappa shape index (κ2) is 5.56. The summed E-state index contributed by atoms with van der Waals surface area (Å²) in [5, 5.41) is 10.8. The van der Waals surface area contributed by atoms with Gasteiger partial charge in [0.1, 0.15) is 0 Å². The minimum Gasteiger partial charge on any atom is -0.421 e. The zero-order chi connectivity index (χ0) is 19.8. The van der Waals surface area contributed by atoms with Gasteiger partial charge in [-0.05, 0) is 19.4 Å². The van der Waals surface area contributed by atoms with Gasteiger partial charge in [0.05, 0.1) is 30.4 Å². The molecule has 2 saturated heterocycles. The molecule has 0 saturated carbocycles. The highest BCUT2D eigenvalue weighted by Crippen LogP contribution is 2.46. The zero-order valence-electron chi connectivity index (χ0n) is 15.4. The Morgan fingerprint density at radius 1 is 1.25 bits per heavy atom. The maximum absolute atomic E-state index is 13.0. The van der Waals surface area contributed by atoms with Gasteiger partial charge in [-0.15, -0.1) is 0 Å². The Bertz CT molecular complexity index is 1080. The Morgan fingerprint density at radius 3 is 2.71 bits per heavy atom. The molecular formula is C18H20N4O5S. The number of aliphatic hydroxyl groups is 1. The maximum atomic E-state index is 13.0. The first-order valence-corrected chi connectivity index (χ1v) is 10.4. The fraction of sp³-hybridized carbons (Fsp3) is 0.444. The van der Waals surface area contributed by atoms with Crippen molar-refractivity contribution in [1.82, 2.24) is 18.2 Å². The van der Waals surface area contributed by atoms with Crippen molar-refractivity contribution in [2.75, 3.05) is 13.1 Å². The van der Waals surface area contributed by atoms with Gasteiger partial charge in [0, 0.05) is 24.6 Å². The minimum atomic E-state index is -4.09. The number of hydrogen-bond acceptors (Lipinski definition) is 6. The molecule has 0 bridgehead atoms. The van der Waals surface area contributed by atoms with E-state index in [-0.39, 0.29) is 25.0 Å². The first-order valence-electron chi connectivity index (χ1n) is 9.04. The second-order valence-electron chi connectivity index (χ2n) is 7.85. The number of aliphatic hydroxyl groups excluding tert-OH is 1.